The highest BCUT2D eigenvalue weighted by molar-refractivity contribution is 7.80. The zero-order chi connectivity index (χ0) is 11.7. The number of aliphatic carboxylic acids is 1. The van der Waals surface area contributed by atoms with E-state index in [1.165, 1.54) is 12.8 Å². The average Bonchev–Trinajstić information content (AvgIpc) is 2.15. The van der Waals surface area contributed by atoms with Crippen molar-refractivity contribution in [2.45, 2.75) is 52.4 Å². The van der Waals surface area contributed by atoms with E-state index in [0.717, 1.165) is 25.2 Å². The molecule has 0 radical (unpaired) electrons. The number of carboxylic acid groups (broad SMARTS) is 1. The van der Waals surface area contributed by atoms with Crippen molar-refractivity contribution in [1.82, 2.24) is 0 Å². The Bertz CT molecular complexity index is 169. The van der Waals surface area contributed by atoms with Crippen molar-refractivity contribution < 1.29 is 9.90 Å². The molecule has 90 valence electrons. The molecule has 0 aliphatic carbocycles. The lowest BCUT2D eigenvalue weighted by Crippen LogP contribution is -2.14. The van der Waals surface area contributed by atoms with E-state index >= 15 is 0 Å². The molecular weight excluding hydrogens is 208 g/mol. The molecule has 0 saturated carbocycles. The smallest absolute Gasteiger partial charge is 0.306 e. The lowest BCUT2D eigenvalue weighted by atomic mass is 9.97. The summed E-state index contributed by atoms with van der Waals surface area (Å²) < 4.78 is 0. The Morgan fingerprint density at radius 1 is 1.13 bits per heavy atom. The molecule has 1 N–H and O–H groups in total. The van der Waals surface area contributed by atoms with E-state index < -0.39 is 5.97 Å². The van der Waals surface area contributed by atoms with Crippen LogP contribution in [0.15, 0.2) is 0 Å². The minimum Gasteiger partial charge on any atom is -0.481 e. The Labute approximate surface area is 98.9 Å². The molecule has 0 fully saturated rings. The van der Waals surface area contributed by atoms with E-state index in [2.05, 4.69) is 26.5 Å². The van der Waals surface area contributed by atoms with Crippen molar-refractivity contribution >= 4 is 18.6 Å². The first-order valence-corrected chi connectivity index (χ1v) is 6.54. The van der Waals surface area contributed by atoms with Gasteiger partial charge in [-0.25, -0.2) is 0 Å². The quantitative estimate of drug-likeness (QED) is 0.470. The zero-order valence-electron chi connectivity index (χ0n) is 9.91. The van der Waals surface area contributed by atoms with E-state index in [-0.39, 0.29) is 5.92 Å². The highest BCUT2D eigenvalue weighted by Crippen LogP contribution is 2.16. The number of carboxylic acids is 1. The summed E-state index contributed by atoms with van der Waals surface area (Å²) in [5.74, 6) is 0.593. The molecule has 0 spiro atoms. The van der Waals surface area contributed by atoms with Crippen LogP contribution in [0.2, 0.25) is 0 Å². The van der Waals surface area contributed by atoms with Gasteiger partial charge >= 0.3 is 5.97 Å². The van der Waals surface area contributed by atoms with Crippen LogP contribution in [0.25, 0.3) is 0 Å². The number of rotatable bonds is 9. The van der Waals surface area contributed by atoms with Gasteiger partial charge < -0.3 is 5.11 Å². The van der Waals surface area contributed by atoms with E-state index in [1.807, 2.05) is 0 Å². The number of hydrogen-bond acceptors (Lipinski definition) is 2. The molecule has 0 aliphatic rings. The van der Waals surface area contributed by atoms with Crippen LogP contribution in [0.1, 0.15) is 52.4 Å². The third kappa shape index (κ3) is 8.79. The minimum atomic E-state index is -0.659. The lowest BCUT2D eigenvalue weighted by Gasteiger charge is -2.10. The lowest BCUT2D eigenvalue weighted by molar-refractivity contribution is -0.142. The van der Waals surface area contributed by atoms with E-state index in [0.29, 0.717) is 12.2 Å². The summed E-state index contributed by atoms with van der Waals surface area (Å²) in [5.41, 5.74) is 0. The van der Waals surface area contributed by atoms with E-state index in [4.69, 9.17) is 5.11 Å². The van der Waals surface area contributed by atoms with Gasteiger partial charge in [0.2, 0.25) is 0 Å². The van der Waals surface area contributed by atoms with Crippen molar-refractivity contribution in [3.8, 4) is 0 Å². The molecule has 1 atom stereocenters. The first-order chi connectivity index (χ1) is 7.07. The molecule has 3 heteroatoms. The van der Waals surface area contributed by atoms with Gasteiger partial charge in [-0.05, 0) is 24.5 Å². The molecule has 0 aliphatic heterocycles. The molecule has 2 nitrogen and oxygen atoms in total. The molecule has 15 heavy (non-hydrogen) atoms. The summed E-state index contributed by atoms with van der Waals surface area (Å²) in [6.45, 7) is 4.45. The molecule has 1 unspecified atom stereocenters. The topological polar surface area (TPSA) is 37.3 Å². The number of thiol groups is 1. The van der Waals surface area contributed by atoms with Gasteiger partial charge in [0.15, 0.2) is 0 Å². The van der Waals surface area contributed by atoms with Gasteiger partial charge in [0.05, 0.1) is 5.92 Å². The SMILES string of the molecule is CC(C)CCCCCC(CCS)C(=O)O. The number of carbonyl (C=O) groups is 1. The summed E-state index contributed by atoms with van der Waals surface area (Å²) >= 11 is 4.08. The van der Waals surface area contributed by atoms with Crippen LogP contribution in [0.3, 0.4) is 0 Å². The van der Waals surface area contributed by atoms with Gasteiger partial charge in [0, 0.05) is 0 Å². The standard InChI is InChI=1S/C12H24O2S/c1-10(2)6-4-3-5-7-11(8-9-15)12(13)14/h10-11,15H,3-9H2,1-2H3,(H,13,14). The summed E-state index contributed by atoms with van der Waals surface area (Å²) in [5, 5.41) is 8.92. The summed E-state index contributed by atoms with van der Waals surface area (Å²) in [6, 6.07) is 0. The van der Waals surface area contributed by atoms with Crippen LogP contribution < -0.4 is 0 Å². The maximum absolute atomic E-state index is 10.8. The van der Waals surface area contributed by atoms with Gasteiger partial charge in [-0.15, -0.1) is 0 Å². The normalized spacial score (nSPS) is 13.1. The highest BCUT2D eigenvalue weighted by atomic mass is 32.1. The van der Waals surface area contributed by atoms with Crippen molar-refractivity contribution in [3.05, 3.63) is 0 Å². The van der Waals surface area contributed by atoms with Gasteiger partial charge in [0.1, 0.15) is 0 Å². The fourth-order valence-corrected chi connectivity index (χ4v) is 1.98. The Morgan fingerprint density at radius 3 is 2.20 bits per heavy atom. The van der Waals surface area contributed by atoms with Gasteiger partial charge in [-0.1, -0.05) is 39.5 Å². The highest BCUT2D eigenvalue weighted by Gasteiger charge is 2.15. The molecule has 0 aromatic heterocycles. The third-order valence-electron chi connectivity index (χ3n) is 2.66. The summed E-state index contributed by atoms with van der Waals surface area (Å²) in [4.78, 5) is 10.8. The Morgan fingerprint density at radius 2 is 1.73 bits per heavy atom. The van der Waals surface area contributed by atoms with Crippen LogP contribution in [-0.2, 0) is 4.79 Å². The summed E-state index contributed by atoms with van der Waals surface area (Å²) in [7, 11) is 0. The van der Waals surface area contributed by atoms with Crippen LogP contribution in [0.4, 0.5) is 0 Å². The monoisotopic (exact) mass is 232 g/mol. The molecule has 0 saturated heterocycles. The van der Waals surface area contributed by atoms with Gasteiger partial charge in [-0.2, -0.15) is 12.6 Å². The minimum absolute atomic E-state index is 0.179. The molecule has 0 aromatic rings. The second-order valence-corrected chi connectivity index (χ2v) is 5.03. The molecule has 0 heterocycles. The fraction of sp³-hybridized carbons (Fsp3) is 0.917. The van der Waals surface area contributed by atoms with Gasteiger partial charge in [0.25, 0.3) is 0 Å². The van der Waals surface area contributed by atoms with Crippen LogP contribution >= 0.6 is 12.6 Å². The Kier molecular flexibility index (Phi) is 8.97. The summed E-state index contributed by atoms with van der Waals surface area (Å²) in [6.07, 6.45) is 6.19. The predicted molar refractivity (Wildman–Crippen MR) is 67.5 cm³/mol. The maximum atomic E-state index is 10.8. The first-order valence-electron chi connectivity index (χ1n) is 5.91. The molecular formula is C12H24O2S. The predicted octanol–water partition coefficient (Wildman–Crippen LogP) is 3.61. The second kappa shape index (κ2) is 9.08. The van der Waals surface area contributed by atoms with Crippen molar-refractivity contribution in [2.24, 2.45) is 11.8 Å². The third-order valence-corrected chi connectivity index (χ3v) is 2.92. The second-order valence-electron chi connectivity index (χ2n) is 4.58. The molecule has 0 aromatic carbocycles. The van der Waals surface area contributed by atoms with Crippen molar-refractivity contribution in [3.63, 3.8) is 0 Å². The average molecular weight is 232 g/mol. The zero-order valence-corrected chi connectivity index (χ0v) is 10.8. The molecule has 0 amide bonds. The van der Waals surface area contributed by atoms with Crippen LogP contribution in [-0.4, -0.2) is 16.8 Å². The maximum Gasteiger partial charge on any atom is 0.306 e. The van der Waals surface area contributed by atoms with Gasteiger partial charge in [-0.3, -0.25) is 4.79 Å². The van der Waals surface area contributed by atoms with Crippen molar-refractivity contribution in [2.75, 3.05) is 5.75 Å². The fourth-order valence-electron chi connectivity index (χ4n) is 1.67. The molecule has 0 rings (SSSR count). The van der Waals surface area contributed by atoms with Crippen molar-refractivity contribution in [1.29, 1.82) is 0 Å². The van der Waals surface area contributed by atoms with E-state index in [1.54, 1.807) is 0 Å². The Balaban J connectivity index is 3.49. The molecule has 0 bridgehead atoms. The van der Waals surface area contributed by atoms with Crippen LogP contribution in [0.5, 0.6) is 0 Å². The van der Waals surface area contributed by atoms with E-state index in [9.17, 15) is 4.79 Å². The van der Waals surface area contributed by atoms with Crippen LogP contribution in [0, 0.1) is 11.8 Å². The largest absolute Gasteiger partial charge is 0.481 e. The number of hydrogen-bond donors (Lipinski definition) is 2. The first kappa shape index (κ1) is 14.8. The Hall–Kier alpha value is -0.180. The number of unbranched alkanes of at least 4 members (excludes halogenated alkanes) is 2.